The van der Waals surface area contributed by atoms with Gasteiger partial charge in [0.25, 0.3) is 0 Å². The highest BCUT2D eigenvalue weighted by molar-refractivity contribution is 5.70. The topological polar surface area (TPSA) is 59.0 Å². The van der Waals surface area contributed by atoms with E-state index in [1.165, 1.54) is 0 Å². The van der Waals surface area contributed by atoms with E-state index in [-0.39, 0.29) is 12.0 Å². The molecule has 1 aliphatic heterocycles. The zero-order valence-electron chi connectivity index (χ0n) is 11.4. The number of carbonyl (C=O) groups is 1. The van der Waals surface area contributed by atoms with E-state index in [0.717, 1.165) is 5.56 Å². The van der Waals surface area contributed by atoms with Crippen LogP contribution in [-0.2, 0) is 4.79 Å². The molecule has 0 spiro atoms. The Bertz CT molecular complexity index is 475. The van der Waals surface area contributed by atoms with E-state index in [9.17, 15) is 4.79 Å². The first-order valence-corrected chi connectivity index (χ1v) is 6.21. The standard InChI is InChI=1S/C14H19NO4/c1-15-8-10(14(16)17)6-11(15)9-4-5-12(18-2)13(7-9)19-3/h4-5,7,10-11H,6,8H2,1-3H3,(H,16,17)/t10-,11-/m0/s1. The van der Waals surface area contributed by atoms with Gasteiger partial charge in [-0.25, -0.2) is 0 Å². The van der Waals surface area contributed by atoms with Crippen LogP contribution in [0.15, 0.2) is 18.2 Å². The van der Waals surface area contributed by atoms with E-state index in [4.69, 9.17) is 14.6 Å². The maximum atomic E-state index is 11.1. The van der Waals surface area contributed by atoms with Gasteiger partial charge in [0, 0.05) is 12.6 Å². The fourth-order valence-corrected chi connectivity index (χ4v) is 2.63. The summed E-state index contributed by atoms with van der Waals surface area (Å²) in [6.07, 6.45) is 0.626. The number of hydrogen-bond acceptors (Lipinski definition) is 4. The minimum Gasteiger partial charge on any atom is -0.493 e. The van der Waals surface area contributed by atoms with Crippen LogP contribution in [-0.4, -0.2) is 43.8 Å². The highest BCUT2D eigenvalue weighted by atomic mass is 16.5. The van der Waals surface area contributed by atoms with Gasteiger partial charge in [0.05, 0.1) is 20.1 Å². The first kappa shape index (κ1) is 13.7. The molecular weight excluding hydrogens is 246 g/mol. The molecule has 0 unspecified atom stereocenters. The van der Waals surface area contributed by atoms with Crippen LogP contribution in [0, 0.1) is 5.92 Å². The molecule has 0 aromatic heterocycles. The molecule has 19 heavy (non-hydrogen) atoms. The quantitative estimate of drug-likeness (QED) is 0.899. The molecule has 1 aromatic rings. The monoisotopic (exact) mass is 265 g/mol. The third kappa shape index (κ3) is 2.66. The molecular formula is C14H19NO4. The summed E-state index contributed by atoms with van der Waals surface area (Å²) in [5.74, 6) is 0.326. The number of likely N-dealkylation sites (tertiary alicyclic amines) is 1. The van der Waals surface area contributed by atoms with E-state index in [2.05, 4.69) is 4.90 Å². The van der Waals surface area contributed by atoms with Gasteiger partial charge in [-0.05, 0) is 31.2 Å². The van der Waals surface area contributed by atoms with Crippen LogP contribution < -0.4 is 9.47 Å². The molecule has 1 aliphatic rings. The van der Waals surface area contributed by atoms with Crippen molar-refractivity contribution in [2.75, 3.05) is 27.8 Å². The molecule has 1 saturated heterocycles. The van der Waals surface area contributed by atoms with E-state index < -0.39 is 5.97 Å². The van der Waals surface area contributed by atoms with Crippen molar-refractivity contribution in [3.05, 3.63) is 23.8 Å². The second kappa shape index (κ2) is 5.48. The summed E-state index contributed by atoms with van der Waals surface area (Å²) in [5.41, 5.74) is 1.06. The SMILES string of the molecule is COc1ccc([C@@H]2C[C@H](C(=O)O)CN2C)cc1OC. The summed E-state index contributed by atoms with van der Waals surface area (Å²) in [6.45, 7) is 0.578. The average molecular weight is 265 g/mol. The summed E-state index contributed by atoms with van der Waals surface area (Å²) >= 11 is 0. The van der Waals surface area contributed by atoms with E-state index in [1.807, 2.05) is 25.2 Å². The molecule has 0 amide bonds. The van der Waals surface area contributed by atoms with E-state index in [0.29, 0.717) is 24.5 Å². The number of aliphatic carboxylic acids is 1. The van der Waals surface area contributed by atoms with Crippen LogP contribution in [0.3, 0.4) is 0 Å². The molecule has 2 atom stereocenters. The highest BCUT2D eigenvalue weighted by Gasteiger charge is 2.34. The van der Waals surface area contributed by atoms with Crippen molar-refractivity contribution in [1.29, 1.82) is 0 Å². The van der Waals surface area contributed by atoms with Crippen molar-refractivity contribution in [2.45, 2.75) is 12.5 Å². The molecule has 1 fully saturated rings. The van der Waals surface area contributed by atoms with Crippen LogP contribution in [0.25, 0.3) is 0 Å². The molecule has 5 heteroatoms. The van der Waals surface area contributed by atoms with Crippen LogP contribution in [0.2, 0.25) is 0 Å². The molecule has 0 radical (unpaired) electrons. The fraction of sp³-hybridized carbons (Fsp3) is 0.500. The largest absolute Gasteiger partial charge is 0.493 e. The van der Waals surface area contributed by atoms with Crippen molar-refractivity contribution in [1.82, 2.24) is 4.90 Å². The fourth-order valence-electron chi connectivity index (χ4n) is 2.63. The minimum atomic E-state index is -0.727. The Morgan fingerprint density at radius 2 is 2.00 bits per heavy atom. The molecule has 5 nitrogen and oxygen atoms in total. The summed E-state index contributed by atoms with van der Waals surface area (Å²) < 4.78 is 10.5. The second-order valence-corrected chi connectivity index (χ2v) is 4.84. The molecule has 1 aromatic carbocycles. The predicted octanol–water partition coefficient (Wildman–Crippen LogP) is 1.78. The van der Waals surface area contributed by atoms with Gasteiger partial charge in [-0.3, -0.25) is 9.69 Å². The summed E-state index contributed by atoms with van der Waals surface area (Å²) in [7, 11) is 5.14. The molecule has 104 valence electrons. The Balaban J connectivity index is 2.25. The first-order valence-electron chi connectivity index (χ1n) is 6.21. The number of carboxylic acid groups (broad SMARTS) is 1. The summed E-state index contributed by atoms with van der Waals surface area (Å²) in [5, 5.41) is 9.11. The van der Waals surface area contributed by atoms with Crippen LogP contribution in [0.4, 0.5) is 0 Å². The third-order valence-electron chi connectivity index (χ3n) is 3.69. The Morgan fingerprint density at radius 1 is 1.32 bits per heavy atom. The highest BCUT2D eigenvalue weighted by Crippen LogP contribution is 2.38. The molecule has 0 bridgehead atoms. The second-order valence-electron chi connectivity index (χ2n) is 4.84. The molecule has 2 rings (SSSR count). The zero-order chi connectivity index (χ0) is 14.0. The molecule has 1 heterocycles. The molecule has 0 aliphatic carbocycles. The van der Waals surface area contributed by atoms with Crippen molar-refractivity contribution < 1.29 is 19.4 Å². The number of ether oxygens (including phenoxy) is 2. The van der Waals surface area contributed by atoms with Gasteiger partial charge >= 0.3 is 5.97 Å². The van der Waals surface area contributed by atoms with Crippen LogP contribution in [0.1, 0.15) is 18.0 Å². The lowest BCUT2D eigenvalue weighted by molar-refractivity contribution is -0.141. The van der Waals surface area contributed by atoms with Gasteiger partial charge in [0.15, 0.2) is 11.5 Å². The molecule has 1 N–H and O–H groups in total. The first-order chi connectivity index (χ1) is 9.06. The smallest absolute Gasteiger partial charge is 0.307 e. The number of nitrogens with zero attached hydrogens (tertiary/aromatic N) is 1. The predicted molar refractivity (Wildman–Crippen MR) is 70.7 cm³/mol. The Labute approximate surface area is 112 Å². The zero-order valence-corrected chi connectivity index (χ0v) is 11.4. The number of rotatable bonds is 4. The summed E-state index contributed by atoms with van der Waals surface area (Å²) in [4.78, 5) is 13.1. The van der Waals surface area contributed by atoms with Gasteiger partial charge in [0.2, 0.25) is 0 Å². The Hall–Kier alpha value is -1.75. The van der Waals surface area contributed by atoms with Gasteiger partial charge in [-0.15, -0.1) is 0 Å². The summed E-state index contributed by atoms with van der Waals surface area (Å²) in [6, 6.07) is 5.86. The Morgan fingerprint density at radius 3 is 2.53 bits per heavy atom. The lowest BCUT2D eigenvalue weighted by Gasteiger charge is -2.20. The average Bonchev–Trinajstić information content (AvgIpc) is 2.80. The number of methoxy groups -OCH3 is 2. The van der Waals surface area contributed by atoms with E-state index in [1.54, 1.807) is 14.2 Å². The normalized spacial score (nSPS) is 23.3. The number of hydrogen-bond donors (Lipinski definition) is 1. The van der Waals surface area contributed by atoms with Crippen molar-refractivity contribution in [2.24, 2.45) is 5.92 Å². The maximum Gasteiger partial charge on any atom is 0.307 e. The lowest BCUT2D eigenvalue weighted by atomic mass is 9.99. The lowest BCUT2D eigenvalue weighted by Crippen LogP contribution is -2.20. The van der Waals surface area contributed by atoms with Gasteiger partial charge < -0.3 is 14.6 Å². The van der Waals surface area contributed by atoms with Crippen LogP contribution >= 0.6 is 0 Å². The Kier molecular flexibility index (Phi) is 3.95. The van der Waals surface area contributed by atoms with Gasteiger partial charge in [-0.1, -0.05) is 6.07 Å². The van der Waals surface area contributed by atoms with Crippen molar-refractivity contribution in [3.8, 4) is 11.5 Å². The minimum absolute atomic E-state index is 0.112. The van der Waals surface area contributed by atoms with E-state index >= 15 is 0 Å². The number of benzene rings is 1. The third-order valence-corrected chi connectivity index (χ3v) is 3.69. The van der Waals surface area contributed by atoms with Crippen LogP contribution in [0.5, 0.6) is 11.5 Å². The van der Waals surface area contributed by atoms with Crippen molar-refractivity contribution >= 4 is 5.97 Å². The van der Waals surface area contributed by atoms with Crippen molar-refractivity contribution in [3.63, 3.8) is 0 Å². The maximum absolute atomic E-state index is 11.1. The number of carboxylic acids is 1. The van der Waals surface area contributed by atoms with Gasteiger partial charge in [0.1, 0.15) is 0 Å². The van der Waals surface area contributed by atoms with Gasteiger partial charge in [-0.2, -0.15) is 0 Å². The molecule has 0 saturated carbocycles.